The summed E-state index contributed by atoms with van der Waals surface area (Å²) in [6.45, 7) is 1.94. The molecule has 20 heavy (non-hydrogen) atoms. The molecule has 0 unspecified atom stereocenters. The molecule has 0 heterocycles. The molecule has 0 amide bonds. The molecule has 110 valence electrons. The zero-order chi connectivity index (χ0) is 15.2. The van der Waals surface area contributed by atoms with Gasteiger partial charge in [0, 0.05) is 0 Å². The SMILES string of the molecule is CC=CCOC(=O)c1ccc(OC)c(S(=O)(=O)NC)c1. The second-order valence-corrected chi connectivity index (χ2v) is 5.60. The number of methoxy groups -OCH3 is 1. The summed E-state index contributed by atoms with van der Waals surface area (Å²) < 4.78 is 35.8. The minimum absolute atomic E-state index is 0.108. The van der Waals surface area contributed by atoms with Gasteiger partial charge in [0.1, 0.15) is 17.3 Å². The Morgan fingerprint density at radius 2 is 2.10 bits per heavy atom. The molecule has 7 heteroatoms. The van der Waals surface area contributed by atoms with Gasteiger partial charge in [0.25, 0.3) is 0 Å². The van der Waals surface area contributed by atoms with Crippen LogP contribution in [0.1, 0.15) is 17.3 Å². The van der Waals surface area contributed by atoms with E-state index in [9.17, 15) is 13.2 Å². The molecule has 1 rings (SSSR count). The Labute approximate surface area is 118 Å². The molecule has 0 aromatic heterocycles. The standard InChI is InChI=1S/C13H17NO5S/c1-4-5-8-19-13(15)10-6-7-11(18-3)12(9-10)20(16,17)14-2/h4-7,9,14H,8H2,1-3H3. The van der Waals surface area contributed by atoms with Gasteiger partial charge in [0.05, 0.1) is 12.7 Å². The largest absolute Gasteiger partial charge is 0.495 e. The quantitative estimate of drug-likeness (QED) is 0.633. The van der Waals surface area contributed by atoms with Crippen LogP contribution in [0.5, 0.6) is 5.75 Å². The molecule has 0 aliphatic heterocycles. The first-order valence-electron chi connectivity index (χ1n) is 5.86. The molecular weight excluding hydrogens is 282 g/mol. The van der Waals surface area contributed by atoms with Crippen molar-refractivity contribution in [2.75, 3.05) is 20.8 Å². The molecule has 0 saturated heterocycles. The van der Waals surface area contributed by atoms with Crippen molar-refractivity contribution in [2.24, 2.45) is 0 Å². The van der Waals surface area contributed by atoms with Crippen molar-refractivity contribution in [1.29, 1.82) is 0 Å². The van der Waals surface area contributed by atoms with Crippen molar-refractivity contribution >= 4 is 16.0 Å². The Morgan fingerprint density at radius 1 is 1.40 bits per heavy atom. The van der Waals surface area contributed by atoms with Gasteiger partial charge in [0.15, 0.2) is 0 Å². The van der Waals surface area contributed by atoms with Crippen LogP contribution < -0.4 is 9.46 Å². The van der Waals surface area contributed by atoms with E-state index in [0.717, 1.165) is 0 Å². The summed E-state index contributed by atoms with van der Waals surface area (Å²) in [7, 11) is -1.08. The Hall–Kier alpha value is -1.86. The van der Waals surface area contributed by atoms with Crippen LogP contribution in [0.2, 0.25) is 0 Å². The summed E-state index contributed by atoms with van der Waals surface area (Å²) in [6, 6.07) is 4.09. The predicted octanol–water partition coefficient (Wildman–Crippen LogP) is 1.34. The van der Waals surface area contributed by atoms with Gasteiger partial charge in [0.2, 0.25) is 10.0 Å². The number of esters is 1. The molecule has 0 bridgehead atoms. The van der Waals surface area contributed by atoms with E-state index in [4.69, 9.17) is 9.47 Å². The molecule has 1 N–H and O–H groups in total. The van der Waals surface area contributed by atoms with Gasteiger partial charge in [-0.15, -0.1) is 0 Å². The first-order chi connectivity index (χ1) is 9.46. The highest BCUT2D eigenvalue weighted by Gasteiger charge is 2.20. The molecule has 0 atom stereocenters. The van der Waals surface area contributed by atoms with E-state index < -0.39 is 16.0 Å². The van der Waals surface area contributed by atoms with Crippen molar-refractivity contribution in [3.8, 4) is 5.75 Å². The lowest BCUT2D eigenvalue weighted by Gasteiger charge is -2.10. The number of nitrogens with one attached hydrogen (secondary N) is 1. The van der Waals surface area contributed by atoms with Crippen LogP contribution in [0.25, 0.3) is 0 Å². The van der Waals surface area contributed by atoms with E-state index in [2.05, 4.69) is 4.72 Å². The third-order valence-electron chi connectivity index (χ3n) is 2.50. The summed E-state index contributed by atoms with van der Waals surface area (Å²) in [5.74, 6) is -0.442. The second-order valence-electron chi connectivity index (χ2n) is 3.74. The summed E-state index contributed by atoms with van der Waals surface area (Å²) >= 11 is 0. The van der Waals surface area contributed by atoms with Crippen LogP contribution in [0.15, 0.2) is 35.2 Å². The van der Waals surface area contributed by atoms with Gasteiger partial charge in [-0.3, -0.25) is 0 Å². The van der Waals surface area contributed by atoms with Gasteiger partial charge in [-0.1, -0.05) is 12.2 Å². The lowest BCUT2D eigenvalue weighted by Crippen LogP contribution is -2.20. The third-order valence-corrected chi connectivity index (χ3v) is 3.94. The van der Waals surface area contributed by atoms with Gasteiger partial charge in [-0.2, -0.15) is 0 Å². The van der Waals surface area contributed by atoms with E-state index in [1.807, 2.05) is 0 Å². The zero-order valence-corrected chi connectivity index (χ0v) is 12.4. The van der Waals surface area contributed by atoms with Crippen LogP contribution in [-0.4, -0.2) is 35.2 Å². The van der Waals surface area contributed by atoms with Crippen LogP contribution >= 0.6 is 0 Å². The molecule has 6 nitrogen and oxygen atoms in total. The molecule has 1 aromatic rings. The van der Waals surface area contributed by atoms with E-state index in [1.165, 1.54) is 32.4 Å². The molecular formula is C13H17NO5S. The van der Waals surface area contributed by atoms with Crippen LogP contribution in [0.3, 0.4) is 0 Å². The number of benzene rings is 1. The number of ether oxygens (including phenoxy) is 2. The Kier molecular flexibility index (Phi) is 5.72. The van der Waals surface area contributed by atoms with Gasteiger partial charge >= 0.3 is 5.97 Å². The normalized spacial score (nSPS) is 11.6. The maximum absolute atomic E-state index is 11.9. The monoisotopic (exact) mass is 299 g/mol. The minimum Gasteiger partial charge on any atom is -0.495 e. The molecule has 0 saturated carbocycles. The first kappa shape index (κ1) is 16.2. The molecule has 0 aliphatic rings. The number of hydrogen-bond donors (Lipinski definition) is 1. The number of carbonyl (C=O) groups is 1. The van der Waals surface area contributed by atoms with E-state index in [0.29, 0.717) is 0 Å². The Bertz CT molecular complexity index is 607. The fourth-order valence-corrected chi connectivity index (χ4v) is 2.35. The fourth-order valence-electron chi connectivity index (χ4n) is 1.43. The highest BCUT2D eigenvalue weighted by atomic mass is 32.2. The lowest BCUT2D eigenvalue weighted by molar-refractivity contribution is 0.0549. The Balaban J connectivity index is 3.13. The second kappa shape index (κ2) is 7.06. The van der Waals surface area contributed by atoms with Crippen LogP contribution in [0.4, 0.5) is 0 Å². The smallest absolute Gasteiger partial charge is 0.338 e. The summed E-state index contributed by atoms with van der Waals surface area (Å²) in [4.78, 5) is 11.7. The number of allylic oxidation sites excluding steroid dienone is 1. The lowest BCUT2D eigenvalue weighted by atomic mass is 10.2. The van der Waals surface area contributed by atoms with Crippen molar-refractivity contribution in [3.63, 3.8) is 0 Å². The predicted molar refractivity (Wildman–Crippen MR) is 74.3 cm³/mol. The molecule has 0 radical (unpaired) electrons. The number of rotatable bonds is 6. The Morgan fingerprint density at radius 3 is 2.65 bits per heavy atom. The summed E-state index contributed by atoms with van der Waals surface area (Å²) in [6.07, 6.45) is 3.42. The first-order valence-corrected chi connectivity index (χ1v) is 7.34. The van der Waals surface area contributed by atoms with Crippen molar-refractivity contribution in [2.45, 2.75) is 11.8 Å². The zero-order valence-electron chi connectivity index (χ0n) is 11.5. The highest BCUT2D eigenvalue weighted by Crippen LogP contribution is 2.24. The van der Waals surface area contributed by atoms with Crippen molar-refractivity contribution in [1.82, 2.24) is 4.72 Å². The third kappa shape index (κ3) is 3.82. The van der Waals surface area contributed by atoms with Gasteiger partial charge < -0.3 is 9.47 Å². The maximum atomic E-state index is 11.9. The molecule has 0 spiro atoms. The van der Waals surface area contributed by atoms with Gasteiger partial charge in [-0.05, 0) is 32.2 Å². The number of sulfonamides is 1. The van der Waals surface area contributed by atoms with Crippen molar-refractivity contribution in [3.05, 3.63) is 35.9 Å². The highest BCUT2D eigenvalue weighted by molar-refractivity contribution is 7.89. The average Bonchev–Trinajstić information content (AvgIpc) is 2.46. The molecule has 1 aromatic carbocycles. The van der Waals surface area contributed by atoms with E-state index in [1.54, 1.807) is 19.1 Å². The summed E-state index contributed by atoms with van der Waals surface area (Å²) in [5, 5.41) is 0. The van der Waals surface area contributed by atoms with Crippen molar-refractivity contribution < 1.29 is 22.7 Å². The minimum atomic E-state index is -3.72. The number of hydrogen-bond acceptors (Lipinski definition) is 5. The van der Waals surface area contributed by atoms with Gasteiger partial charge in [-0.25, -0.2) is 17.9 Å². The maximum Gasteiger partial charge on any atom is 0.338 e. The molecule has 0 aliphatic carbocycles. The topological polar surface area (TPSA) is 81.7 Å². The van der Waals surface area contributed by atoms with Crippen LogP contribution in [0, 0.1) is 0 Å². The number of carbonyl (C=O) groups excluding carboxylic acids is 1. The molecule has 0 fully saturated rings. The summed E-state index contributed by atoms with van der Waals surface area (Å²) in [5.41, 5.74) is 0.143. The van der Waals surface area contributed by atoms with Crippen LogP contribution in [-0.2, 0) is 14.8 Å². The van der Waals surface area contributed by atoms with E-state index in [-0.39, 0.29) is 22.8 Å². The average molecular weight is 299 g/mol. The van der Waals surface area contributed by atoms with E-state index >= 15 is 0 Å². The fraction of sp³-hybridized carbons (Fsp3) is 0.308.